The van der Waals surface area contributed by atoms with Gasteiger partial charge in [-0.25, -0.2) is 0 Å². The lowest BCUT2D eigenvalue weighted by Gasteiger charge is -2.08. The maximum atomic E-state index is 11.3. The van der Waals surface area contributed by atoms with Gasteiger partial charge in [0.05, 0.1) is 6.54 Å². The number of halogens is 1. The molecule has 2 nitrogen and oxygen atoms in total. The second kappa shape index (κ2) is 4.77. The maximum Gasteiger partial charge on any atom is 0.224 e. The summed E-state index contributed by atoms with van der Waals surface area (Å²) < 4.78 is 0. The lowest BCUT2D eigenvalue weighted by Crippen LogP contribution is -2.31. The van der Waals surface area contributed by atoms with E-state index in [0.717, 1.165) is 17.9 Å². The van der Waals surface area contributed by atoms with Crippen molar-refractivity contribution in [2.24, 2.45) is 5.92 Å². The van der Waals surface area contributed by atoms with Gasteiger partial charge in [0.25, 0.3) is 0 Å². The molecule has 0 radical (unpaired) electrons. The average molecular weight is 206 g/mol. The van der Waals surface area contributed by atoms with Crippen molar-refractivity contribution in [2.75, 3.05) is 18.1 Å². The van der Waals surface area contributed by atoms with E-state index in [1.54, 1.807) is 0 Å². The summed E-state index contributed by atoms with van der Waals surface area (Å²) in [6.45, 7) is 3.89. The SMILES string of the molecule is C=C(Cl)CNC(=O)C1CCSC1. The number of nitrogens with one attached hydrogen (secondary N) is 1. The smallest absolute Gasteiger partial charge is 0.224 e. The van der Waals surface area contributed by atoms with E-state index < -0.39 is 0 Å². The van der Waals surface area contributed by atoms with Crippen molar-refractivity contribution in [3.8, 4) is 0 Å². The molecule has 1 atom stereocenters. The Morgan fingerprint density at radius 3 is 3.00 bits per heavy atom. The van der Waals surface area contributed by atoms with Gasteiger partial charge in [-0.3, -0.25) is 4.79 Å². The number of amides is 1. The normalized spacial score (nSPS) is 22.2. The molecule has 4 heteroatoms. The van der Waals surface area contributed by atoms with Crippen LogP contribution in [0.4, 0.5) is 0 Å². The van der Waals surface area contributed by atoms with Crippen molar-refractivity contribution in [2.45, 2.75) is 6.42 Å². The number of thioether (sulfide) groups is 1. The summed E-state index contributed by atoms with van der Waals surface area (Å²) in [5.41, 5.74) is 0. The molecule has 1 unspecified atom stereocenters. The molecule has 0 saturated carbocycles. The van der Waals surface area contributed by atoms with Crippen LogP contribution < -0.4 is 5.32 Å². The average Bonchev–Trinajstić information content (AvgIpc) is 2.51. The molecular weight excluding hydrogens is 194 g/mol. The number of hydrogen-bond donors (Lipinski definition) is 1. The van der Waals surface area contributed by atoms with Crippen molar-refractivity contribution >= 4 is 29.3 Å². The Kier molecular flexibility index (Phi) is 3.95. The zero-order valence-corrected chi connectivity index (χ0v) is 8.38. The number of carbonyl (C=O) groups excluding carboxylic acids is 1. The fraction of sp³-hybridized carbons (Fsp3) is 0.625. The zero-order valence-electron chi connectivity index (χ0n) is 6.81. The van der Waals surface area contributed by atoms with E-state index in [-0.39, 0.29) is 11.8 Å². The molecule has 1 fully saturated rings. The van der Waals surface area contributed by atoms with Gasteiger partial charge in [0.2, 0.25) is 5.91 Å². The van der Waals surface area contributed by atoms with Crippen LogP contribution in [0.15, 0.2) is 11.6 Å². The Hall–Kier alpha value is -0.150. The summed E-state index contributed by atoms with van der Waals surface area (Å²) in [5, 5.41) is 3.22. The molecule has 1 N–H and O–H groups in total. The minimum Gasteiger partial charge on any atom is -0.351 e. The molecule has 1 aliphatic heterocycles. The highest BCUT2D eigenvalue weighted by atomic mass is 35.5. The van der Waals surface area contributed by atoms with Crippen LogP contribution in [0.5, 0.6) is 0 Å². The van der Waals surface area contributed by atoms with E-state index in [4.69, 9.17) is 11.6 Å². The molecule has 1 aliphatic rings. The summed E-state index contributed by atoms with van der Waals surface area (Å²) in [6.07, 6.45) is 0.991. The summed E-state index contributed by atoms with van der Waals surface area (Å²) in [6, 6.07) is 0. The molecule has 1 rings (SSSR count). The van der Waals surface area contributed by atoms with E-state index >= 15 is 0 Å². The predicted molar refractivity (Wildman–Crippen MR) is 53.4 cm³/mol. The fourth-order valence-corrected chi connectivity index (χ4v) is 2.36. The van der Waals surface area contributed by atoms with Crippen LogP contribution in [-0.2, 0) is 4.79 Å². The lowest BCUT2D eigenvalue weighted by atomic mass is 10.1. The van der Waals surface area contributed by atoms with Crippen molar-refractivity contribution in [3.63, 3.8) is 0 Å². The van der Waals surface area contributed by atoms with Crippen molar-refractivity contribution in [1.82, 2.24) is 5.32 Å². The maximum absolute atomic E-state index is 11.3. The highest BCUT2D eigenvalue weighted by Gasteiger charge is 2.22. The highest BCUT2D eigenvalue weighted by Crippen LogP contribution is 2.23. The Balaban J connectivity index is 2.23. The number of carbonyl (C=O) groups is 1. The van der Waals surface area contributed by atoms with Crippen molar-refractivity contribution in [1.29, 1.82) is 0 Å². The molecule has 0 bridgehead atoms. The Bertz CT molecular complexity index is 189. The molecule has 0 aromatic rings. The molecule has 0 aromatic heterocycles. The first-order valence-corrected chi connectivity index (χ1v) is 5.42. The molecule has 0 spiro atoms. The lowest BCUT2D eigenvalue weighted by molar-refractivity contribution is -0.124. The van der Waals surface area contributed by atoms with E-state index in [2.05, 4.69) is 11.9 Å². The van der Waals surface area contributed by atoms with Crippen LogP contribution in [0, 0.1) is 5.92 Å². The summed E-state index contributed by atoms with van der Waals surface area (Å²) >= 11 is 7.34. The van der Waals surface area contributed by atoms with Gasteiger partial charge in [-0.15, -0.1) is 0 Å². The standard InChI is InChI=1S/C8H12ClNOS/c1-6(9)4-10-8(11)7-2-3-12-5-7/h7H,1-5H2,(H,10,11). The first-order valence-electron chi connectivity index (χ1n) is 3.89. The zero-order chi connectivity index (χ0) is 8.97. The molecule has 1 saturated heterocycles. The second-order valence-electron chi connectivity index (χ2n) is 2.80. The molecule has 1 amide bonds. The third-order valence-corrected chi connectivity index (χ3v) is 3.05. The van der Waals surface area contributed by atoms with Gasteiger partial charge < -0.3 is 5.32 Å². The van der Waals surface area contributed by atoms with Crippen LogP contribution in [0.2, 0.25) is 0 Å². The van der Waals surface area contributed by atoms with Gasteiger partial charge in [0.1, 0.15) is 0 Å². The molecule has 68 valence electrons. The van der Waals surface area contributed by atoms with Gasteiger partial charge in [-0.05, 0) is 12.2 Å². The van der Waals surface area contributed by atoms with Gasteiger partial charge in [0, 0.05) is 16.7 Å². The minimum atomic E-state index is 0.113. The second-order valence-corrected chi connectivity index (χ2v) is 4.48. The summed E-state index contributed by atoms with van der Waals surface area (Å²) in [7, 11) is 0. The molecule has 0 aliphatic carbocycles. The number of hydrogen-bond acceptors (Lipinski definition) is 2. The quantitative estimate of drug-likeness (QED) is 0.759. The monoisotopic (exact) mass is 205 g/mol. The van der Waals surface area contributed by atoms with Crippen LogP contribution in [-0.4, -0.2) is 24.0 Å². The third kappa shape index (κ3) is 3.07. The van der Waals surface area contributed by atoms with Gasteiger partial charge in [0.15, 0.2) is 0 Å². The summed E-state index contributed by atoms with van der Waals surface area (Å²) in [5.74, 6) is 2.34. The minimum absolute atomic E-state index is 0.113. The van der Waals surface area contributed by atoms with E-state index in [0.29, 0.717) is 11.6 Å². The van der Waals surface area contributed by atoms with E-state index in [1.807, 2.05) is 11.8 Å². The van der Waals surface area contributed by atoms with Gasteiger partial charge in [-0.1, -0.05) is 18.2 Å². The van der Waals surface area contributed by atoms with Crippen molar-refractivity contribution < 1.29 is 4.79 Å². The summed E-state index contributed by atoms with van der Waals surface area (Å²) in [4.78, 5) is 11.3. The fourth-order valence-electron chi connectivity index (χ4n) is 1.07. The van der Waals surface area contributed by atoms with Crippen molar-refractivity contribution in [3.05, 3.63) is 11.6 Å². The topological polar surface area (TPSA) is 29.1 Å². The predicted octanol–water partition coefficient (Wildman–Crippen LogP) is 1.61. The van der Waals surface area contributed by atoms with Crippen LogP contribution in [0.1, 0.15) is 6.42 Å². The number of rotatable bonds is 3. The van der Waals surface area contributed by atoms with Gasteiger partial charge in [-0.2, -0.15) is 11.8 Å². The van der Waals surface area contributed by atoms with E-state index in [9.17, 15) is 4.79 Å². The molecular formula is C8H12ClNOS. The van der Waals surface area contributed by atoms with Crippen LogP contribution >= 0.6 is 23.4 Å². The Morgan fingerprint density at radius 1 is 1.75 bits per heavy atom. The Labute approximate surface area is 81.7 Å². The third-order valence-electron chi connectivity index (χ3n) is 1.75. The van der Waals surface area contributed by atoms with Crippen LogP contribution in [0.3, 0.4) is 0 Å². The molecule has 0 aromatic carbocycles. The van der Waals surface area contributed by atoms with Gasteiger partial charge >= 0.3 is 0 Å². The largest absolute Gasteiger partial charge is 0.351 e. The van der Waals surface area contributed by atoms with E-state index in [1.165, 1.54) is 0 Å². The Morgan fingerprint density at radius 2 is 2.50 bits per heavy atom. The highest BCUT2D eigenvalue weighted by molar-refractivity contribution is 7.99. The van der Waals surface area contributed by atoms with Crippen LogP contribution in [0.25, 0.3) is 0 Å². The first-order chi connectivity index (χ1) is 5.70. The first kappa shape index (κ1) is 9.93. The molecule has 12 heavy (non-hydrogen) atoms. The molecule has 1 heterocycles.